The van der Waals surface area contributed by atoms with E-state index >= 15 is 0 Å². The molecule has 1 aromatic carbocycles. The molecule has 0 bridgehead atoms. The fourth-order valence-electron chi connectivity index (χ4n) is 1.29. The first-order valence-electron chi connectivity index (χ1n) is 5.12. The number of hydrogen-bond donors (Lipinski definition) is 2. The first-order chi connectivity index (χ1) is 8.25. The lowest BCUT2D eigenvalue weighted by molar-refractivity contribution is 1.08. The molecule has 0 saturated carbocycles. The molecule has 1 heterocycles. The van der Waals surface area contributed by atoms with Crippen molar-refractivity contribution >= 4 is 23.0 Å². The van der Waals surface area contributed by atoms with E-state index in [4.69, 9.17) is 11.6 Å². The highest BCUT2D eigenvalue weighted by atomic mass is 35.5. The molecule has 0 fully saturated rings. The minimum absolute atomic E-state index is 0.710. The molecule has 0 unspecified atom stereocenters. The molecule has 2 aromatic rings. The molecule has 0 aliphatic heterocycles. The zero-order chi connectivity index (χ0) is 12.1. The third-order valence-electron chi connectivity index (χ3n) is 2.21. The molecule has 2 rings (SSSR count). The third-order valence-corrected chi connectivity index (χ3v) is 2.46. The molecule has 0 aliphatic carbocycles. The zero-order valence-electron chi connectivity index (χ0n) is 9.15. The van der Waals surface area contributed by atoms with Crippen LogP contribution in [-0.2, 0) is 0 Å². The van der Waals surface area contributed by atoms with Gasteiger partial charge in [0.05, 0.1) is 11.4 Å². The monoisotopic (exact) mass is 245 g/mol. The Labute approximate surface area is 105 Å². The summed E-state index contributed by atoms with van der Waals surface area (Å²) in [6, 6.07) is 11.2. The highest BCUT2D eigenvalue weighted by molar-refractivity contribution is 6.30. The molecule has 2 N–H and O–H groups in total. The summed E-state index contributed by atoms with van der Waals surface area (Å²) in [6.45, 7) is 3.92. The standard InChI is InChI=1S/C13H12ClN3/c1-10(11-3-2-8-15-9-11)16-17-13-6-4-12(14)5-7-13/h2-9,16-17H,1H2. The van der Waals surface area contributed by atoms with E-state index in [9.17, 15) is 0 Å². The number of pyridine rings is 1. The van der Waals surface area contributed by atoms with Crippen LogP contribution in [0.4, 0.5) is 5.69 Å². The molecule has 3 nitrogen and oxygen atoms in total. The molecular weight excluding hydrogens is 234 g/mol. The van der Waals surface area contributed by atoms with Crippen molar-refractivity contribution in [3.63, 3.8) is 0 Å². The van der Waals surface area contributed by atoms with Crippen molar-refractivity contribution in [3.8, 4) is 0 Å². The predicted octanol–water partition coefficient (Wildman–Crippen LogP) is 3.32. The van der Waals surface area contributed by atoms with Crippen LogP contribution in [0.1, 0.15) is 5.56 Å². The minimum Gasteiger partial charge on any atom is -0.301 e. The number of anilines is 1. The molecule has 0 atom stereocenters. The maximum absolute atomic E-state index is 5.80. The Morgan fingerprint density at radius 3 is 2.59 bits per heavy atom. The van der Waals surface area contributed by atoms with Gasteiger partial charge in [0.25, 0.3) is 0 Å². The Kier molecular flexibility index (Phi) is 3.62. The first-order valence-corrected chi connectivity index (χ1v) is 5.50. The molecule has 17 heavy (non-hydrogen) atoms. The topological polar surface area (TPSA) is 37.0 Å². The minimum atomic E-state index is 0.710. The van der Waals surface area contributed by atoms with Gasteiger partial charge in [-0.15, -0.1) is 0 Å². The summed E-state index contributed by atoms with van der Waals surface area (Å²) in [4.78, 5) is 4.03. The molecule has 0 saturated heterocycles. The summed E-state index contributed by atoms with van der Waals surface area (Å²) >= 11 is 5.80. The van der Waals surface area contributed by atoms with E-state index in [1.165, 1.54) is 0 Å². The van der Waals surface area contributed by atoms with Crippen LogP contribution < -0.4 is 10.9 Å². The number of hydrazine groups is 1. The summed E-state index contributed by atoms with van der Waals surface area (Å²) in [5.41, 5.74) is 8.65. The van der Waals surface area contributed by atoms with E-state index in [0.29, 0.717) is 5.02 Å². The van der Waals surface area contributed by atoms with Crippen molar-refractivity contribution < 1.29 is 0 Å². The van der Waals surface area contributed by atoms with Gasteiger partial charge in [-0.05, 0) is 36.4 Å². The predicted molar refractivity (Wildman–Crippen MR) is 71.5 cm³/mol. The van der Waals surface area contributed by atoms with Gasteiger partial charge >= 0.3 is 0 Å². The highest BCUT2D eigenvalue weighted by Gasteiger charge is 1.97. The lowest BCUT2D eigenvalue weighted by atomic mass is 10.2. The second kappa shape index (κ2) is 5.37. The van der Waals surface area contributed by atoms with Gasteiger partial charge < -0.3 is 10.9 Å². The number of hydrogen-bond acceptors (Lipinski definition) is 3. The van der Waals surface area contributed by atoms with Gasteiger partial charge in [-0.3, -0.25) is 4.98 Å². The van der Waals surface area contributed by atoms with Crippen LogP contribution in [0.25, 0.3) is 5.70 Å². The molecule has 4 heteroatoms. The smallest absolute Gasteiger partial charge is 0.0555 e. The van der Waals surface area contributed by atoms with Gasteiger partial charge in [0.15, 0.2) is 0 Å². The van der Waals surface area contributed by atoms with Gasteiger partial charge in [-0.25, -0.2) is 0 Å². The zero-order valence-corrected chi connectivity index (χ0v) is 9.91. The lowest BCUT2D eigenvalue weighted by Crippen LogP contribution is -2.19. The number of nitrogens with zero attached hydrogens (tertiary/aromatic N) is 1. The fourth-order valence-corrected chi connectivity index (χ4v) is 1.42. The van der Waals surface area contributed by atoms with E-state index in [1.807, 2.05) is 36.4 Å². The number of rotatable bonds is 4. The average Bonchev–Trinajstić information content (AvgIpc) is 2.39. The average molecular weight is 246 g/mol. The quantitative estimate of drug-likeness (QED) is 0.812. The van der Waals surface area contributed by atoms with Gasteiger partial charge in [-0.1, -0.05) is 18.2 Å². The van der Waals surface area contributed by atoms with Crippen LogP contribution in [0.3, 0.4) is 0 Å². The summed E-state index contributed by atoms with van der Waals surface area (Å²) in [6.07, 6.45) is 3.47. The number of benzene rings is 1. The van der Waals surface area contributed by atoms with Crippen molar-refractivity contribution in [2.75, 3.05) is 5.43 Å². The van der Waals surface area contributed by atoms with Crippen LogP contribution in [0.2, 0.25) is 5.02 Å². The maximum atomic E-state index is 5.80. The Morgan fingerprint density at radius 1 is 1.18 bits per heavy atom. The Bertz CT molecular complexity index is 494. The van der Waals surface area contributed by atoms with E-state index in [0.717, 1.165) is 16.9 Å². The lowest BCUT2D eigenvalue weighted by Gasteiger charge is -2.11. The van der Waals surface area contributed by atoms with E-state index in [1.54, 1.807) is 12.4 Å². The number of aromatic nitrogens is 1. The van der Waals surface area contributed by atoms with Gasteiger partial charge in [0.2, 0.25) is 0 Å². The maximum Gasteiger partial charge on any atom is 0.0555 e. The van der Waals surface area contributed by atoms with Crippen LogP contribution in [0.15, 0.2) is 55.4 Å². The Morgan fingerprint density at radius 2 is 1.94 bits per heavy atom. The normalized spacial score (nSPS) is 9.71. The SMILES string of the molecule is C=C(NNc1ccc(Cl)cc1)c1cccnc1. The summed E-state index contributed by atoms with van der Waals surface area (Å²) in [7, 11) is 0. The Hall–Kier alpha value is -2.00. The van der Waals surface area contributed by atoms with Gasteiger partial charge in [0.1, 0.15) is 0 Å². The summed E-state index contributed by atoms with van der Waals surface area (Å²) < 4.78 is 0. The number of nitrogens with one attached hydrogen (secondary N) is 2. The number of halogens is 1. The molecule has 0 radical (unpaired) electrons. The van der Waals surface area contributed by atoms with Gasteiger partial charge in [0, 0.05) is 23.0 Å². The molecule has 1 aromatic heterocycles. The van der Waals surface area contributed by atoms with E-state index < -0.39 is 0 Å². The van der Waals surface area contributed by atoms with Crippen molar-refractivity contribution in [1.82, 2.24) is 10.4 Å². The molecule has 0 aliphatic rings. The molecular formula is C13H12ClN3. The van der Waals surface area contributed by atoms with Crippen molar-refractivity contribution in [2.24, 2.45) is 0 Å². The van der Waals surface area contributed by atoms with Crippen molar-refractivity contribution in [3.05, 3.63) is 66.0 Å². The van der Waals surface area contributed by atoms with E-state index in [2.05, 4.69) is 22.4 Å². The van der Waals surface area contributed by atoms with Crippen molar-refractivity contribution in [1.29, 1.82) is 0 Å². The molecule has 0 spiro atoms. The molecule has 86 valence electrons. The largest absolute Gasteiger partial charge is 0.301 e. The second-order valence-corrected chi connectivity index (χ2v) is 3.91. The third kappa shape index (κ3) is 3.23. The van der Waals surface area contributed by atoms with Crippen LogP contribution >= 0.6 is 11.6 Å². The first kappa shape index (κ1) is 11.5. The molecule has 0 amide bonds. The highest BCUT2D eigenvalue weighted by Crippen LogP contribution is 2.13. The Balaban J connectivity index is 1.95. The summed E-state index contributed by atoms with van der Waals surface area (Å²) in [5, 5.41) is 0.710. The van der Waals surface area contributed by atoms with Crippen LogP contribution in [0.5, 0.6) is 0 Å². The van der Waals surface area contributed by atoms with Crippen LogP contribution in [0, 0.1) is 0 Å². The van der Waals surface area contributed by atoms with E-state index in [-0.39, 0.29) is 0 Å². The fraction of sp³-hybridized carbons (Fsp3) is 0. The second-order valence-electron chi connectivity index (χ2n) is 3.48. The summed E-state index contributed by atoms with van der Waals surface area (Å²) in [5.74, 6) is 0. The van der Waals surface area contributed by atoms with Crippen molar-refractivity contribution in [2.45, 2.75) is 0 Å². The van der Waals surface area contributed by atoms with Gasteiger partial charge in [-0.2, -0.15) is 0 Å². The van der Waals surface area contributed by atoms with Crippen LogP contribution in [-0.4, -0.2) is 4.98 Å².